The maximum absolute atomic E-state index is 13.0. The van der Waals surface area contributed by atoms with Gasteiger partial charge >= 0.3 is 18.5 Å². The second-order valence-electron chi connectivity index (χ2n) is 7.22. The number of hydrogen-bond donors (Lipinski definition) is 2. The van der Waals surface area contributed by atoms with Crippen molar-refractivity contribution in [3.63, 3.8) is 0 Å². The van der Waals surface area contributed by atoms with Crippen molar-refractivity contribution in [2.75, 3.05) is 11.9 Å². The molecule has 188 valence electrons. The number of nitrogens with one attached hydrogen (secondary N) is 1. The zero-order valence-corrected chi connectivity index (χ0v) is 17.8. The van der Waals surface area contributed by atoms with Crippen molar-refractivity contribution in [2.45, 2.75) is 24.6 Å². The molecule has 1 unspecified atom stereocenters. The lowest BCUT2D eigenvalue weighted by Gasteiger charge is -2.18. The molecule has 0 aliphatic rings. The van der Waals surface area contributed by atoms with Crippen LogP contribution >= 0.6 is 11.6 Å². The van der Waals surface area contributed by atoms with Gasteiger partial charge in [0.25, 0.3) is 0 Å². The first-order valence-corrected chi connectivity index (χ1v) is 9.84. The van der Waals surface area contributed by atoms with Crippen LogP contribution in [0.2, 0.25) is 5.02 Å². The SMILES string of the molecule is OC(CNc1cc(-c2ccc(C(F)(F)F)c(Cl)c2)ncn1)c1cc(C(F)(F)F)cc(C(F)(F)F)c1. The maximum Gasteiger partial charge on any atom is 0.417 e. The molecule has 0 spiro atoms. The van der Waals surface area contributed by atoms with Gasteiger partial charge in [0.2, 0.25) is 0 Å². The van der Waals surface area contributed by atoms with Crippen LogP contribution in [0.15, 0.2) is 48.8 Å². The lowest BCUT2D eigenvalue weighted by atomic mass is 10.0. The fraction of sp³-hybridized carbons (Fsp3) is 0.238. The van der Waals surface area contributed by atoms with Crippen LogP contribution in [0.5, 0.6) is 0 Å². The van der Waals surface area contributed by atoms with Gasteiger partial charge in [-0.15, -0.1) is 0 Å². The number of hydrogen-bond acceptors (Lipinski definition) is 4. The molecule has 35 heavy (non-hydrogen) atoms. The molecular weight excluding hydrogens is 517 g/mol. The first-order chi connectivity index (χ1) is 16.1. The minimum atomic E-state index is -5.08. The standard InChI is InChI=1S/C21H13ClF9N3O/c22-15-5-10(1-2-14(15)21(29,30)31)16-7-18(34-9-33-16)32-8-17(35)11-3-12(19(23,24)25)6-13(4-11)20(26,27)28/h1-7,9,17,35H,8H2,(H,32,33,34). The van der Waals surface area contributed by atoms with Crippen molar-refractivity contribution in [2.24, 2.45) is 0 Å². The van der Waals surface area contributed by atoms with Gasteiger partial charge in [-0.1, -0.05) is 17.7 Å². The van der Waals surface area contributed by atoms with Gasteiger partial charge in [0.1, 0.15) is 12.1 Å². The Morgan fingerprint density at radius 1 is 0.800 bits per heavy atom. The lowest BCUT2D eigenvalue weighted by Crippen LogP contribution is -2.17. The third-order valence-electron chi connectivity index (χ3n) is 4.71. The molecule has 2 N–H and O–H groups in total. The number of nitrogens with zero attached hydrogens (tertiary/aromatic N) is 2. The van der Waals surface area contributed by atoms with E-state index in [1.807, 2.05) is 0 Å². The van der Waals surface area contributed by atoms with E-state index in [9.17, 15) is 44.6 Å². The predicted molar refractivity (Wildman–Crippen MR) is 107 cm³/mol. The number of aromatic nitrogens is 2. The molecule has 0 aliphatic heterocycles. The Morgan fingerprint density at radius 2 is 1.40 bits per heavy atom. The number of halogens is 10. The van der Waals surface area contributed by atoms with E-state index in [4.69, 9.17) is 11.6 Å². The molecular formula is C21H13ClF9N3O. The third-order valence-corrected chi connectivity index (χ3v) is 5.02. The number of anilines is 1. The Morgan fingerprint density at radius 3 is 1.91 bits per heavy atom. The minimum absolute atomic E-state index is 0.00640. The molecule has 0 aliphatic carbocycles. The summed E-state index contributed by atoms with van der Waals surface area (Å²) in [7, 11) is 0. The van der Waals surface area contributed by atoms with Gasteiger partial charge in [0.15, 0.2) is 0 Å². The number of aliphatic hydroxyl groups excluding tert-OH is 1. The van der Waals surface area contributed by atoms with E-state index in [0.717, 1.165) is 24.5 Å². The molecule has 0 saturated carbocycles. The second-order valence-corrected chi connectivity index (χ2v) is 7.62. The van der Waals surface area contributed by atoms with E-state index >= 15 is 0 Å². The number of aliphatic hydroxyl groups is 1. The molecule has 0 saturated heterocycles. The first-order valence-electron chi connectivity index (χ1n) is 9.46. The van der Waals surface area contributed by atoms with Crippen molar-refractivity contribution in [3.05, 3.63) is 76.1 Å². The quantitative estimate of drug-likeness (QED) is 0.350. The number of alkyl halides is 9. The molecule has 2 aromatic carbocycles. The molecule has 1 atom stereocenters. The molecule has 1 heterocycles. The third kappa shape index (κ3) is 6.54. The molecule has 0 bridgehead atoms. The lowest BCUT2D eigenvalue weighted by molar-refractivity contribution is -0.143. The average Bonchev–Trinajstić information content (AvgIpc) is 2.75. The molecule has 0 amide bonds. The van der Waals surface area contributed by atoms with Crippen molar-refractivity contribution in [1.29, 1.82) is 0 Å². The average molecular weight is 530 g/mol. The molecule has 14 heteroatoms. The van der Waals surface area contributed by atoms with E-state index in [1.165, 1.54) is 6.07 Å². The van der Waals surface area contributed by atoms with Crippen LogP contribution in [0.4, 0.5) is 45.3 Å². The van der Waals surface area contributed by atoms with E-state index < -0.39 is 58.5 Å². The Bertz CT molecular complexity index is 1180. The Labute approximate surface area is 196 Å². The van der Waals surface area contributed by atoms with Crippen LogP contribution in [0, 0.1) is 0 Å². The van der Waals surface area contributed by atoms with Crippen molar-refractivity contribution < 1.29 is 44.6 Å². The summed E-state index contributed by atoms with van der Waals surface area (Å²) in [5.41, 5.74) is -4.55. The van der Waals surface area contributed by atoms with E-state index in [1.54, 1.807) is 0 Å². The van der Waals surface area contributed by atoms with Gasteiger partial charge in [0.05, 0.1) is 33.5 Å². The first kappa shape index (κ1) is 26.5. The highest BCUT2D eigenvalue weighted by Crippen LogP contribution is 2.38. The van der Waals surface area contributed by atoms with Crippen molar-refractivity contribution in [3.8, 4) is 11.3 Å². The maximum atomic E-state index is 13.0. The summed E-state index contributed by atoms with van der Waals surface area (Å²) >= 11 is 5.69. The van der Waals surface area contributed by atoms with E-state index in [0.29, 0.717) is 12.1 Å². The topological polar surface area (TPSA) is 58.0 Å². The van der Waals surface area contributed by atoms with Crippen LogP contribution in [-0.2, 0) is 18.5 Å². The van der Waals surface area contributed by atoms with Crippen molar-refractivity contribution >= 4 is 17.4 Å². The van der Waals surface area contributed by atoms with E-state index in [-0.39, 0.29) is 23.1 Å². The minimum Gasteiger partial charge on any atom is -0.387 e. The van der Waals surface area contributed by atoms with Crippen molar-refractivity contribution in [1.82, 2.24) is 9.97 Å². The summed E-state index contributed by atoms with van der Waals surface area (Å²) in [5, 5.41) is 12.2. The fourth-order valence-corrected chi connectivity index (χ4v) is 3.29. The normalized spacial score (nSPS) is 13.6. The smallest absolute Gasteiger partial charge is 0.387 e. The van der Waals surface area contributed by atoms with E-state index in [2.05, 4.69) is 15.3 Å². The Balaban J connectivity index is 1.81. The second kappa shape index (κ2) is 9.53. The Kier molecular flexibility index (Phi) is 7.23. The highest BCUT2D eigenvalue weighted by Gasteiger charge is 2.37. The molecule has 1 aromatic heterocycles. The molecule has 3 aromatic rings. The highest BCUT2D eigenvalue weighted by molar-refractivity contribution is 6.31. The van der Waals surface area contributed by atoms with Crippen LogP contribution in [0.25, 0.3) is 11.3 Å². The summed E-state index contributed by atoms with van der Waals surface area (Å²) < 4.78 is 117. The summed E-state index contributed by atoms with van der Waals surface area (Å²) in [5.74, 6) is -0.00640. The summed E-state index contributed by atoms with van der Waals surface area (Å²) in [6.07, 6.45) is -15.6. The van der Waals surface area contributed by atoms with Crippen LogP contribution < -0.4 is 5.32 Å². The summed E-state index contributed by atoms with van der Waals surface area (Å²) in [6.45, 7) is -0.539. The zero-order valence-electron chi connectivity index (χ0n) is 17.0. The van der Waals surface area contributed by atoms with Gasteiger partial charge in [-0.05, 0) is 35.9 Å². The van der Waals surface area contributed by atoms with Gasteiger partial charge in [-0.3, -0.25) is 0 Å². The summed E-state index contributed by atoms with van der Waals surface area (Å²) in [4.78, 5) is 7.72. The van der Waals surface area contributed by atoms with Gasteiger partial charge in [-0.2, -0.15) is 39.5 Å². The van der Waals surface area contributed by atoms with Gasteiger partial charge in [-0.25, -0.2) is 9.97 Å². The Hall–Kier alpha value is -3.06. The monoisotopic (exact) mass is 529 g/mol. The number of rotatable bonds is 5. The van der Waals surface area contributed by atoms with Crippen LogP contribution in [-0.4, -0.2) is 21.6 Å². The van der Waals surface area contributed by atoms with Crippen LogP contribution in [0.3, 0.4) is 0 Å². The molecule has 3 rings (SSSR count). The molecule has 0 fully saturated rings. The molecule has 4 nitrogen and oxygen atoms in total. The van der Waals surface area contributed by atoms with Crippen LogP contribution in [0.1, 0.15) is 28.4 Å². The molecule has 0 radical (unpaired) electrons. The predicted octanol–water partition coefficient (Wildman–Crippen LogP) is 7.00. The number of benzene rings is 2. The zero-order chi connectivity index (χ0) is 26.2. The van der Waals surface area contributed by atoms with Gasteiger partial charge in [0, 0.05) is 18.2 Å². The highest BCUT2D eigenvalue weighted by atomic mass is 35.5. The van der Waals surface area contributed by atoms with Gasteiger partial charge < -0.3 is 10.4 Å². The fourth-order valence-electron chi connectivity index (χ4n) is 3.01. The summed E-state index contributed by atoms with van der Waals surface area (Å²) in [6, 6.07) is 4.87. The largest absolute Gasteiger partial charge is 0.417 e.